The SMILES string of the molecule is CCOC(=O)c1c(NC(=O)c2cc([N+](=O)[O-])cc([N+](=O)[O-])c2)sc(C(=O)NCc2ccccc2)c1C. The number of hydrogen-bond acceptors (Lipinski definition) is 9. The van der Waals surface area contributed by atoms with Gasteiger partial charge in [0, 0.05) is 18.7 Å². The van der Waals surface area contributed by atoms with E-state index in [-0.39, 0.29) is 39.7 Å². The van der Waals surface area contributed by atoms with Crippen molar-refractivity contribution in [1.29, 1.82) is 0 Å². The minimum absolute atomic E-state index is 0.0324. The van der Waals surface area contributed by atoms with Gasteiger partial charge in [-0.25, -0.2) is 4.79 Å². The molecule has 0 unspecified atom stereocenters. The predicted octanol–water partition coefficient (Wildman–Crippen LogP) is 4.23. The number of anilines is 1. The first-order chi connectivity index (χ1) is 17.1. The molecule has 12 nitrogen and oxygen atoms in total. The second kappa shape index (κ2) is 11.2. The van der Waals surface area contributed by atoms with Crippen molar-refractivity contribution in [3.05, 3.63) is 95.9 Å². The number of nitro groups is 2. The van der Waals surface area contributed by atoms with Crippen molar-refractivity contribution in [2.75, 3.05) is 11.9 Å². The highest BCUT2D eigenvalue weighted by Gasteiger charge is 2.28. The molecule has 0 atom stereocenters. The third-order valence-corrected chi connectivity index (χ3v) is 6.15. The fourth-order valence-corrected chi connectivity index (χ4v) is 4.34. The summed E-state index contributed by atoms with van der Waals surface area (Å²) in [6, 6.07) is 11.6. The van der Waals surface area contributed by atoms with Crippen molar-refractivity contribution in [2.24, 2.45) is 0 Å². The van der Waals surface area contributed by atoms with Crippen LogP contribution in [0.1, 0.15) is 48.4 Å². The van der Waals surface area contributed by atoms with Crippen molar-refractivity contribution < 1.29 is 29.0 Å². The van der Waals surface area contributed by atoms with Crippen LogP contribution in [0.15, 0.2) is 48.5 Å². The minimum Gasteiger partial charge on any atom is -0.462 e. The number of rotatable bonds is 9. The molecule has 186 valence electrons. The first kappa shape index (κ1) is 26.0. The van der Waals surface area contributed by atoms with Crippen molar-refractivity contribution in [3.63, 3.8) is 0 Å². The molecule has 2 aromatic carbocycles. The van der Waals surface area contributed by atoms with E-state index in [9.17, 15) is 34.6 Å². The maximum Gasteiger partial charge on any atom is 0.341 e. The number of nitrogens with zero attached hydrogens (tertiary/aromatic N) is 2. The van der Waals surface area contributed by atoms with E-state index in [0.29, 0.717) is 0 Å². The molecular weight excluding hydrogens is 492 g/mol. The zero-order chi connectivity index (χ0) is 26.4. The lowest BCUT2D eigenvalue weighted by molar-refractivity contribution is -0.394. The summed E-state index contributed by atoms with van der Waals surface area (Å²) in [5.74, 6) is -2.21. The van der Waals surface area contributed by atoms with Crippen LogP contribution in [0, 0.1) is 27.2 Å². The van der Waals surface area contributed by atoms with Gasteiger partial charge in [0.1, 0.15) is 5.00 Å². The number of nitrogens with one attached hydrogen (secondary N) is 2. The molecule has 1 aromatic heterocycles. The Morgan fingerprint density at radius 2 is 1.58 bits per heavy atom. The van der Waals surface area contributed by atoms with Crippen LogP contribution in [-0.4, -0.2) is 34.2 Å². The van der Waals surface area contributed by atoms with Crippen LogP contribution in [0.2, 0.25) is 0 Å². The van der Waals surface area contributed by atoms with Crippen molar-refractivity contribution in [1.82, 2.24) is 5.32 Å². The lowest BCUT2D eigenvalue weighted by atomic mass is 10.1. The standard InChI is InChI=1S/C23H20N4O8S/c1-3-35-23(30)18-13(2)19(21(29)24-12-14-7-5-4-6-8-14)36-22(18)25-20(28)15-9-16(26(31)32)11-17(10-15)27(33)34/h4-11H,3,12H2,1-2H3,(H,24,29)(H,25,28). The largest absolute Gasteiger partial charge is 0.462 e. The number of non-ortho nitro benzene ring substituents is 2. The quantitative estimate of drug-likeness (QED) is 0.244. The van der Waals surface area contributed by atoms with Crippen LogP contribution in [0.25, 0.3) is 0 Å². The van der Waals surface area contributed by atoms with Gasteiger partial charge in [0.15, 0.2) is 0 Å². The van der Waals surface area contributed by atoms with Crippen molar-refractivity contribution in [2.45, 2.75) is 20.4 Å². The van der Waals surface area contributed by atoms with Crippen LogP contribution >= 0.6 is 11.3 Å². The molecule has 0 aliphatic heterocycles. The molecule has 2 amide bonds. The van der Waals surface area contributed by atoms with E-state index in [1.165, 1.54) is 6.92 Å². The number of thiophene rings is 1. The van der Waals surface area contributed by atoms with Crippen molar-refractivity contribution >= 4 is 45.5 Å². The van der Waals surface area contributed by atoms with E-state index in [4.69, 9.17) is 4.74 Å². The monoisotopic (exact) mass is 512 g/mol. The molecule has 2 N–H and O–H groups in total. The Hall–Kier alpha value is -4.65. The summed E-state index contributed by atoms with van der Waals surface area (Å²) in [7, 11) is 0. The average Bonchev–Trinajstić information content (AvgIpc) is 3.18. The molecular formula is C23H20N4O8S. The van der Waals surface area contributed by atoms with E-state index >= 15 is 0 Å². The Kier molecular flexibility index (Phi) is 8.07. The number of ether oxygens (including phenoxy) is 1. The Bertz CT molecular complexity index is 1320. The summed E-state index contributed by atoms with van der Waals surface area (Å²) in [6.07, 6.45) is 0. The Labute approximate surface area is 208 Å². The van der Waals surface area contributed by atoms with E-state index in [1.54, 1.807) is 6.92 Å². The van der Waals surface area contributed by atoms with Crippen LogP contribution in [0.3, 0.4) is 0 Å². The molecule has 0 aliphatic carbocycles. The topological polar surface area (TPSA) is 171 Å². The molecule has 3 rings (SSSR count). The van der Waals surface area contributed by atoms with E-state index in [1.807, 2.05) is 30.3 Å². The second-order valence-electron chi connectivity index (χ2n) is 7.36. The summed E-state index contributed by atoms with van der Waals surface area (Å²) in [5, 5.41) is 27.5. The highest BCUT2D eigenvalue weighted by Crippen LogP contribution is 2.34. The number of amides is 2. The van der Waals surface area contributed by atoms with Crippen LogP contribution in [0.4, 0.5) is 16.4 Å². The van der Waals surface area contributed by atoms with Crippen LogP contribution < -0.4 is 10.6 Å². The molecule has 13 heteroatoms. The molecule has 0 spiro atoms. The molecule has 1 heterocycles. The van der Waals surface area contributed by atoms with Gasteiger partial charge in [-0.05, 0) is 25.0 Å². The highest BCUT2D eigenvalue weighted by molar-refractivity contribution is 7.18. The van der Waals surface area contributed by atoms with E-state index in [0.717, 1.165) is 35.1 Å². The number of nitro benzene ring substituents is 2. The minimum atomic E-state index is -0.940. The van der Waals surface area contributed by atoms with Gasteiger partial charge in [-0.1, -0.05) is 30.3 Å². The summed E-state index contributed by atoms with van der Waals surface area (Å²) >= 11 is 0.815. The first-order valence-electron chi connectivity index (χ1n) is 10.5. The van der Waals surface area contributed by atoms with Gasteiger partial charge in [-0.15, -0.1) is 11.3 Å². The lowest BCUT2D eigenvalue weighted by Gasteiger charge is -2.07. The fraction of sp³-hybridized carbons (Fsp3) is 0.174. The summed E-state index contributed by atoms with van der Waals surface area (Å²) < 4.78 is 5.07. The third kappa shape index (κ3) is 5.88. The highest BCUT2D eigenvalue weighted by atomic mass is 32.1. The van der Waals surface area contributed by atoms with Crippen molar-refractivity contribution in [3.8, 4) is 0 Å². The second-order valence-corrected chi connectivity index (χ2v) is 8.38. The lowest BCUT2D eigenvalue weighted by Crippen LogP contribution is -2.22. The number of hydrogen-bond donors (Lipinski definition) is 2. The zero-order valence-electron chi connectivity index (χ0n) is 19.1. The summed E-state index contributed by atoms with van der Waals surface area (Å²) in [4.78, 5) is 59.1. The molecule has 0 fully saturated rings. The van der Waals surface area contributed by atoms with Crippen LogP contribution in [0.5, 0.6) is 0 Å². The summed E-state index contributed by atoms with van der Waals surface area (Å²) in [6.45, 7) is 3.38. The third-order valence-electron chi connectivity index (χ3n) is 4.94. The molecule has 0 radical (unpaired) electrons. The smallest absolute Gasteiger partial charge is 0.341 e. The fourth-order valence-electron chi connectivity index (χ4n) is 3.24. The Morgan fingerprint density at radius 1 is 0.972 bits per heavy atom. The molecule has 36 heavy (non-hydrogen) atoms. The number of carbonyl (C=O) groups is 3. The van der Waals surface area contributed by atoms with Gasteiger partial charge in [-0.3, -0.25) is 29.8 Å². The number of benzene rings is 2. The van der Waals surface area contributed by atoms with Gasteiger partial charge >= 0.3 is 5.97 Å². The molecule has 3 aromatic rings. The maximum atomic E-state index is 12.9. The van der Waals surface area contributed by atoms with E-state index in [2.05, 4.69) is 10.6 Å². The Morgan fingerprint density at radius 3 is 2.14 bits per heavy atom. The molecule has 0 aliphatic rings. The predicted molar refractivity (Wildman–Crippen MR) is 130 cm³/mol. The normalized spacial score (nSPS) is 10.4. The van der Waals surface area contributed by atoms with Gasteiger partial charge in [0.05, 0.1) is 38.5 Å². The van der Waals surface area contributed by atoms with Gasteiger partial charge < -0.3 is 15.4 Å². The number of esters is 1. The number of carbonyl (C=O) groups excluding carboxylic acids is 3. The van der Waals surface area contributed by atoms with Gasteiger partial charge in [-0.2, -0.15) is 0 Å². The average molecular weight is 513 g/mol. The van der Waals surface area contributed by atoms with Gasteiger partial charge in [0.2, 0.25) is 0 Å². The first-order valence-corrected chi connectivity index (χ1v) is 11.3. The zero-order valence-corrected chi connectivity index (χ0v) is 19.9. The summed E-state index contributed by atoms with van der Waals surface area (Å²) in [5.41, 5.74) is -0.603. The molecule has 0 saturated carbocycles. The van der Waals surface area contributed by atoms with Gasteiger partial charge in [0.25, 0.3) is 23.2 Å². The maximum absolute atomic E-state index is 12.9. The molecule has 0 saturated heterocycles. The Balaban J connectivity index is 1.95. The molecule has 0 bridgehead atoms. The van der Waals surface area contributed by atoms with E-state index < -0.39 is 39.0 Å². The van der Waals surface area contributed by atoms with Crippen LogP contribution in [-0.2, 0) is 11.3 Å².